The Balaban J connectivity index is 2.29. The van der Waals surface area contributed by atoms with Crippen molar-refractivity contribution < 1.29 is 26.9 Å². The van der Waals surface area contributed by atoms with Crippen molar-refractivity contribution in [2.75, 3.05) is 14.2 Å². The molecule has 0 amide bonds. The standard InChI is InChI=1S/C19H20O6S/c1-14-8-10-16(11-9-14)26(21,22)25-12-15-6-4-5-7-17(15)18(13-23-2)19(20)24-3/h4-11,13H,12H2,1-3H3/b18-13+. The molecule has 2 rings (SSSR count). The molecule has 0 saturated heterocycles. The highest BCUT2D eigenvalue weighted by atomic mass is 32.2. The third-order valence-corrected chi connectivity index (χ3v) is 4.91. The van der Waals surface area contributed by atoms with Crippen LogP contribution in [0, 0.1) is 6.92 Å². The zero-order valence-corrected chi connectivity index (χ0v) is 15.6. The summed E-state index contributed by atoms with van der Waals surface area (Å²) >= 11 is 0. The summed E-state index contributed by atoms with van der Waals surface area (Å²) in [6, 6.07) is 13.2. The van der Waals surface area contributed by atoms with Crippen LogP contribution in [0.15, 0.2) is 59.7 Å². The molecular formula is C19H20O6S. The van der Waals surface area contributed by atoms with Crippen molar-refractivity contribution in [3.05, 3.63) is 71.5 Å². The highest BCUT2D eigenvalue weighted by molar-refractivity contribution is 7.86. The zero-order chi connectivity index (χ0) is 19.2. The number of ether oxygens (including phenoxy) is 2. The lowest BCUT2D eigenvalue weighted by Crippen LogP contribution is -2.10. The van der Waals surface area contributed by atoms with Crippen molar-refractivity contribution in [2.24, 2.45) is 0 Å². The van der Waals surface area contributed by atoms with Crippen LogP contribution >= 0.6 is 0 Å². The fourth-order valence-corrected chi connectivity index (χ4v) is 3.16. The predicted octanol–water partition coefficient (Wildman–Crippen LogP) is 3.06. The van der Waals surface area contributed by atoms with Crippen LogP contribution in [0.1, 0.15) is 16.7 Å². The summed E-state index contributed by atoms with van der Waals surface area (Å²) in [6.07, 6.45) is 1.25. The van der Waals surface area contributed by atoms with E-state index in [1.807, 2.05) is 6.92 Å². The molecule has 7 heteroatoms. The second-order valence-corrected chi connectivity index (χ2v) is 7.06. The Morgan fingerprint density at radius 3 is 2.31 bits per heavy atom. The minimum atomic E-state index is -3.92. The summed E-state index contributed by atoms with van der Waals surface area (Å²) in [4.78, 5) is 12.1. The van der Waals surface area contributed by atoms with Crippen LogP contribution in [-0.4, -0.2) is 28.6 Å². The number of esters is 1. The van der Waals surface area contributed by atoms with Crippen LogP contribution in [0.3, 0.4) is 0 Å². The number of aryl methyl sites for hydroxylation is 1. The van der Waals surface area contributed by atoms with Crippen molar-refractivity contribution >= 4 is 21.7 Å². The highest BCUT2D eigenvalue weighted by Crippen LogP contribution is 2.23. The Morgan fingerprint density at radius 2 is 1.69 bits per heavy atom. The van der Waals surface area contributed by atoms with E-state index in [2.05, 4.69) is 0 Å². The molecule has 26 heavy (non-hydrogen) atoms. The molecular weight excluding hydrogens is 356 g/mol. The lowest BCUT2D eigenvalue weighted by Gasteiger charge is -2.12. The largest absolute Gasteiger partial charge is 0.503 e. The molecule has 0 aliphatic rings. The molecule has 6 nitrogen and oxygen atoms in total. The summed E-state index contributed by atoms with van der Waals surface area (Å²) in [5.74, 6) is -0.597. The molecule has 0 aromatic heterocycles. The van der Waals surface area contributed by atoms with Gasteiger partial charge in [0.1, 0.15) is 5.57 Å². The average molecular weight is 376 g/mol. The SMILES string of the molecule is CO/C=C(/C(=O)OC)c1ccccc1COS(=O)(=O)c1ccc(C)cc1. The minimum absolute atomic E-state index is 0.0706. The molecule has 0 saturated carbocycles. The van der Waals surface area contributed by atoms with Crippen LogP contribution in [-0.2, 0) is 35.2 Å². The van der Waals surface area contributed by atoms with Gasteiger partial charge in [-0.3, -0.25) is 4.18 Å². The first-order valence-corrected chi connectivity index (χ1v) is 9.15. The van der Waals surface area contributed by atoms with E-state index >= 15 is 0 Å². The summed E-state index contributed by atoms with van der Waals surface area (Å²) in [5.41, 5.74) is 2.10. The van der Waals surface area contributed by atoms with Crippen LogP contribution < -0.4 is 0 Å². The average Bonchev–Trinajstić information content (AvgIpc) is 2.64. The van der Waals surface area contributed by atoms with Crippen molar-refractivity contribution in [1.29, 1.82) is 0 Å². The van der Waals surface area contributed by atoms with Crippen molar-refractivity contribution in [3.8, 4) is 0 Å². The van der Waals surface area contributed by atoms with E-state index in [-0.39, 0.29) is 17.1 Å². The molecule has 0 N–H and O–H groups in total. The molecule has 2 aromatic rings. The molecule has 0 atom stereocenters. The summed E-state index contributed by atoms with van der Waals surface area (Å²) in [7, 11) is -1.26. The first kappa shape index (κ1) is 19.7. The highest BCUT2D eigenvalue weighted by Gasteiger charge is 2.20. The van der Waals surface area contributed by atoms with E-state index in [1.165, 1.54) is 32.6 Å². The van der Waals surface area contributed by atoms with Gasteiger partial charge in [-0.25, -0.2) is 4.79 Å². The lowest BCUT2D eigenvalue weighted by molar-refractivity contribution is -0.133. The lowest BCUT2D eigenvalue weighted by atomic mass is 10.0. The van der Waals surface area contributed by atoms with Crippen molar-refractivity contribution in [1.82, 2.24) is 0 Å². The van der Waals surface area contributed by atoms with Crippen LogP contribution in [0.2, 0.25) is 0 Å². The fourth-order valence-electron chi connectivity index (χ4n) is 2.27. The number of rotatable bonds is 7. The monoisotopic (exact) mass is 376 g/mol. The van der Waals surface area contributed by atoms with Gasteiger partial charge >= 0.3 is 5.97 Å². The van der Waals surface area contributed by atoms with Gasteiger partial charge in [-0.2, -0.15) is 8.42 Å². The second-order valence-electron chi connectivity index (χ2n) is 5.45. The molecule has 0 spiro atoms. The van der Waals surface area contributed by atoms with E-state index in [4.69, 9.17) is 13.7 Å². The molecule has 0 radical (unpaired) electrons. The van der Waals surface area contributed by atoms with E-state index in [0.717, 1.165) is 5.56 Å². The van der Waals surface area contributed by atoms with Gasteiger partial charge in [0.2, 0.25) is 0 Å². The maximum absolute atomic E-state index is 12.4. The Morgan fingerprint density at radius 1 is 1.04 bits per heavy atom. The Bertz CT molecular complexity index is 898. The van der Waals surface area contributed by atoms with E-state index in [1.54, 1.807) is 36.4 Å². The number of hydrogen-bond donors (Lipinski definition) is 0. The maximum atomic E-state index is 12.4. The Hall–Kier alpha value is -2.64. The third kappa shape index (κ3) is 4.71. The molecule has 138 valence electrons. The number of carbonyl (C=O) groups is 1. The fraction of sp³-hybridized carbons (Fsp3) is 0.211. The van der Waals surface area contributed by atoms with Gasteiger partial charge < -0.3 is 9.47 Å². The van der Waals surface area contributed by atoms with Gasteiger partial charge in [0, 0.05) is 0 Å². The number of benzene rings is 2. The predicted molar refractivity (Wildman–Crippen MR) is 96.6 cm³/mol. The molecule has 0 fully saturated rings. The number of methoxy groups -OCH3 is 2. The molecule has 2 aromatic carbocycles. The van der Waals surface area contributed by atoms with Crippen molar-refractivity contribution in [3.63, 3.8) is 0 Å². The van der Waals surface area contributed by atoms with Gasteiger partial charge in [-0.1, -0.05) is 42.0 Å². The smallest absolute Gasteiger partial charge is 0.341 e. The Labute approximate surface area is 153 Å². The molecule has 0 bridgehead atoms. The molecule has 0 aliphatic carbocycles. The van der Waals surface area contributed by atoms with Gasteiger partial charge in [0.05, 0.1) is 32.0 Å². The second kappa shape index (κ2) is 8.64. The van der Waals surface area contributed by atoms with Gasteiger partial charge in [-0.15, -0.1) is 0 Å². The topological polar surface area (TPSA) is 78.9 Å². The van der Waals surface area contributed by atoms with E-state index in [9.17, 15) is 13.2 Å². The van der Waals surface area contributed by atoms with Crippen LogP contribution in [0.25, 0.3) is 5.57 Å². The number of carbonyl (C=O) groups excluding carboxylic acids is 1. The quantitative estimate of drug-likeness (QED) is 0.320. The van der Waals surface area contributed by atoms with E-state index < -0.39 is 16.1 Å². The van der Waals surface area contributed by atoms with Crippen LogP contribution in [0.5, 0.6) is 0 Å². The molecule has 0 unspecified atom stereocenters. The van der Waals surface area contributed by atoms with E-state index in [0.29, 0.717) is 11.1 Å². The summed E-state index contributed by atoms with van der Waals surface area (Å²) in [6.45, 7) is 1.63. The van der Waals surface area contributed by atoms with Crippen LogP contribution in [0.4, 0.5) is 0 Å². The zero-order valence-electron chi connectivity index (χ0n) is 14.8. The first-order valence-electron chi connectivity index (χ1n) is 7.74. The molecule has 0 heterocycles. The maximum Gasteiger partial charge on any atom is 0.341 e. The Kier molecular flexibility index (Phi) is 6.54. The minimum Gasteiger partial charge on any atom is -0.503 e. The summed E-state index contributed by atoms with van der Waals surface area (Å²) in [5, 5.41) is 0. The van der Waals surface area contributed by atoms with Gasteiger partial charge in [0.25, 0.3) is 10.1 Å². The van der Waals surface area contributed by atoms with Gasteiger partial charge in [-0.05, 0) is 30.2 Å². The normalized spacial score (nSPS) is 11.9. The third-order valence-electron chi connectivity index (χ3n) is 3.63. The molecule has 0 aliphatic heterocycles. The van der Waals surface area contributed by atoms with Gasteiger partial charge in [0.15, 0.2) is 0 Å². The first-order chi connectivity index (χ1) is 12.4. The van der Waals surface area contributed by atoms with Crippen molar-refractivity contribution in [2.45, 2.75) is 18.4 Å². The summed E-state index contributed by atoms with van der Waals surface area (Å²) < 4.78 is 39.6. The number of hydrogen-bond acceptors (Lipinski definition) is 6.